The summed E-state index contributed by atoms with van der Waals surface area (Å²) >= 11 is 0. The zero-order valence-corrected chi connectivity index (χ0v) is 15.7. The molecule has 1 aliphatic heterocycles. The maximum Gasteiger partial charge on any atom is 0.416 e. The summed E-state index contributed by atoms with van der Waals surface area (Å²) in [7, 11) is -4.00. The standard InChI is InChI=1S/C17H22F3N3O3S/c1-12(16(24)21-14-5-6-14)22-7-9-23(10-8-22)27(25,26)15-4-2-3-13(11-15)17(18,19)20/h2-4,11-12,14H,5-10H2,1H3,(H,21,24)/p+1/t12-/m0/s1. The van der Waals surface area contributed by atoms with Gasteiger partial charge in [0, 0.05) is 6.04 Å². The lowest BCUT2D eigenvalue weighted by Crippen LogP contribution is -3.19. The Kier molecular flexibility index (Phi) is 5.51. The van der Waals surface area contributed by atoms with Crippen molar-refractivity contribution >= 4 is 15.9 Å². The Bertz CT molecular complexity index is 801. The highest BCUT2D eigenvalue weighted by atomic mass is 32.2. The van der Waals surface area contributed by atoms with Gasteiger partial charge in [-0.15, -0.1) is 0 Å². The van der Waals surface area contributed by atoms with Crippen LogP contribution in [0, 0.1) is 0 Å². The Morgan fingerprint density at radius 3 is 2.44 bits per heavy atom. The van der Waals surface area contributed by atoms with Gasteiger partial charge < -0.3 is 10.2 Å². The average Bonchev–Trinajstić information content (AvgIpc) is 3.44. The first-order valence-corrected chi connectivity index (χ1v) is 10.4. The number of quaternary nitrogens is 1. The zero-order chi connectivity index (χ0) is 19.8. The highest BCUT2D eigenvalue weighted by molar-refractivity contribution is 7.89. The van der Waals surface area contributed by atoms with E-state index in [1.165, 1.54) is 10.4 Å². The minimum absolute atomic E-state index is 0.0401. The van der Waals surface area contributed by atoms with E-state index in [-0.39, 0.29) is 36.0 Å². The molecule has 1 saturated carbocycles. The molecule has 2 aliphatic rings. The molecule has 0 unspecified atom stereocenters. The molecule has 0 radical (unpaired) electrons. The molecule has 2 fully saturated rings. The highest BCUT2D eigenvalue weighted by Crippen LogP contribution is 2.31. The SMILES string of the molecule is C[C@@H](C(=O)NC1CC1)[NH+]1CCN(S(=O)(=O)c2cccc(C(F)(F)F)c2)CC1. The molecule has 10 heteroatoms. The normalized spacial score (nSPS) is 21.0. The van der Waals surface area contributed by atoms with Gasteiger partial charge in [0.1, 0.15) is 0 Å². The Hall–Kier alpha value is -1.65. The average molecular weight is 406 g/mol. The summed E-state index contributed by atoms with van der Waals surface area (Å²) in [6.07, 6.45) is -2.60. The van der Waals surface area contributed by atoms with Crippen molar-refractivity contribution in [2.45, 2.75) is 42.9 Å². The first-order chi connectivity index (χ1) is 12.6. The zero-order valence-electron chi connectivity index (χ0n) is 14.9. The molecule has 1 amide bonds. The van der Waals surface area contributed by atoms with Crippen LogP contribution in [0.5, 0.6) is 0 Å². The number of alkyl halides is 3. The van der Waals surface area contributed by atoms with Crippen LogP contribution in [0.1, 0.15) is 25.3 Å². The number of carbonyl (C=O) groups is 1. The molecule has 1 saturated heterocycles. The molecule has 1 aromatic carbocycles. The predicted octanol–water partition coefficient (Wildman–Crippen LogP) is 0.262. The molecule has 0 bridgehead atoms. The molecular weight excluding hydrogens is 383 g/mol. The van der Waals surface area contributed by atoms with E-state index in [0.717, 1.165) is 29.9 Å². The largest absolute Gasteiger partial charge is 0.416 e. The van der Waals surface area contributed by atoms with E-state index in [0.29, 0.717) is 19.2 Å². The van der Waals surface area contributed by atoms with Crippen LogP contribution >= 0.6 is 0 Å². The molecule has 3 rings (SSSR count). The number of rotatable bonds is 5. The molecule has 2 N–H and O–H groups in total. The monoisotopic (exact) mass is 406 g/mol. The maximum atomic E-state index is 12.9. The van der Waals surface area contributed by atoms with Crippen LogP contribution < -0.4 is 10.2 Å². The summed E-state index contributed by atoms with van der Waals surface area (Å²) < 4.78 is 65.2. The van der Waals surface area contributed by atoms with E-state index in [2.05, 4.69) is 5.32 Å². The van der Waals surface area contributed by atoms with Crippen molar-refractivity contribution in [3.8, 4) is 0 Å². The number of nitrogens with one attached hydrogen (secondary N) is 2. The van der Waals surface area contributed by atoms with E-state index in [1.807, 2.05) is 6.92 Å². The van der Waals surface area contributed by atoms with E-state index in [9.17, 15) is 26.4 Å². The molecule has 1 aliphatic carbocycles. The molecule has 1 aromatic rings. The third kappa shape index (κ3) is 4.61. The highest BCUT2D eigenvalue weighted by Gasteiger charge is 2.37. The third-order valence-electron chi connectivity index (χ3n) is 5.09. The first kappa shape index (κ1) is 20.1. The Balaban J connectivity index is 1.65. The van der Waals surface area contributed by atoms with Crippen LogP contribution in [-0.4, -0.2) is 56.9 Å². The fourth-order valence-corrected chi connectivity index (χ4v) is 4.66. The number of sulfonamides is 1. The van der Waals surface area contributed by atoms with Crippen LogP contribution in [0.4, 0.5) is 13.2 Å². The summed E-state index contributed by atoms with van der Waals surface area (Å²) in [6.45, 7) is 2.99. The molecule has 1 atom stereocenters. The Morgan fingerprint density at radius 2 is 1.89 bits per heavy atom. The van der Waals surface area contributed by atoms with Gasteiger partial charge in [0.25, 0.3) is 5.91 Å². The van der Waals surface area contributed by atoms with Crippen molar-refractivity contribution < 1.29 is 31.3 Å². The number of piperazine rings is 1. The quantitative estimate of drug-likeness (QED) is 0.737. The third-order valence-corrected chi connectivity index (χ3v) is 6.99. The minimum Gasteiger partial charge on any atom is -0.348 e. The predicted molar refractivity (Wildman–Crippen MR) is 91.5 cm³/mol. The Labute approximate surface area is 156 Å². The molecule has 0 spiro atoms. The molecule has 27 heavy (non-hydrogen) atoms. The minimum atomic E-state index is -4.60. The van der Waals surface area contributed by atoms with Gasteiger partial charge in [-0.2, -0.15) is 17.5 Å². The Morgan fingerprint density at radius 1 is 1.26 bits per heavy atom. The van der Waals surface area contributed by atoms with Crippen molar-refractivity contribution in [1.29, 1.82) is 0 Å². The molecule has 150 valence electrons. The number of benzene rings is 1. The second-order valence-electron chi connectivity index (χ2n) is 7.09. The van der Waals surface area contributed by atoms with Crippen molar-refractivity contribution in [3.63, 3.8) is 0 Å². The summed E-state index contributed by atoms with van der Waals surface area (Å²) in [6, 6.07) is 3.77. The van der Waals surface area contributed by atoms with Crippen LogP contribution in [0.3, 0.4) is 0 Å². The second kappa shape index (κ2) is 7.40. The van der Waals surface area contributed by atoms with Gasteiger partial charge in [-0.05, 0) is 38.0 Å². The summed E-state index contributed by atoms with van der Waals surface area (Å²) in [5.41, 5.74) is -0.988. The number of nitrogens with zero attached hydrogens (tertiary/aromatic N) is 1. The van der Waals surface area contributed by atoms with Crippen molar-refractivity contribution in [1.82, 2.24) is 9.62 Å². The lowest BCUT2D eigenvalue weighted by Gasteiger charge is -2.34. The van der Waals surface area contributed by atoms with E-state index < -0.39 is 21.8 Å². The van der Waals surface area contributed by atoms with Crippen LogP contribution in [-0.2, 0) is 21.0 Å². The number of hydrogen-bond donors (Lipinski definition) is 2. The van der Waals surface area contributed by atoms with Crippen LogP contribution in [0.2, 0.25) is 0 Å². The number of carbonyl (C=O) groups excluding carboxylic acids is 1. The summed E-state index contributed by atoms with van der Waals surface area (Å²) in [5.74, 6) is -0.0401. The second-order valence-corrected chi connectivity index (χ2v) is 9.03. The molecule has 1 heterocycles. The van der Waals surface area contributed by atoms with E-state index in [1.54, 1.807) is 0 Å². The van der Waals surface area contributed by atoms with Gasteiger partial charge in [-0.3, -0.25) is 4.79 Å². The molecule has 0 aromatic heterocycles. The summed E-state index contributed by atoms with van der Waals surface area (Å²) in [5, 5.41) is 2.94. The first-order valence-electron chi connectivity index (χ1n) is 8.91. The fraction of sp³-hybridized carbons (Fsp3) is 0.588. The van der Waals surface area contributed by atoms with E-state index >= 15 is 0 Å². The van der Waals surface area contributed by atoms with Gasteiger partial charge in [-0.1, -0.05) is 6.07 Å². The van der Waals surface area contributed by atoms with E-state index in [4.69, 9.17) is 0 Å². The lowest BCUT2D eigenvalue weighted by molar-refractivity contribution is -0.917. The van der Waals surface area contributed by atoms with Crippen molar-refractivity contribution in [2.24, 2.45) is 0 Å². The van der Waals surface area contributed by atoms with Crippen molar-refractivity contribution in [2.75, 3.05) is 26.2 Å². The van der Waals surface area contributed by atoms with Gasteiger partial charge >= 0.3 is 6.18 Å². The van der Waals surface area contributed by atoms with Crippen LogP contribution in [0.15, 0.2) is 29.2 Å². The molecule has 6 nitrogen and oxygen atoms in total. The lowest BCUT2D eigenvalue weighted by atomic mass is 10.2. The number of hydrogen-bond acceptors (Lipinski definition) is 3. The summed E-state index contributed by atoms with van der Waals surface area (Å²) in [4.78, 5) is 12.8. The smallest absolute Gasteiger partial charge is 0.348 e. The fourth-order valence-electron chi connectivity index (χ4n) is 3.17. The van der Waals surface area contributed by atoms with Gasteiger partial charge in [0.05, 0.1) is 36.6 Å². The van der Waals surface area contributed by atoms with Gasteiger partial charge in [0.15, 0.2) is 6.04 Å². The van der Waals surface area contributed by atoms with Crippen molar-refractivity contribution in [3.05, 3.63) is 29.8 Å². The number of halogens is 3. The maximum absolute atomic E-state index is 12.9. The van der Waals surface area contributed by atoms with Crippen LogP contribution in [0.25, 0.3) is 0 Å². The van der Waals surface area contributed by atoms with Gasteiger partial charge in [0.2, 0.25) is 10.0 Å². The topological polar surface area (TPSA) is 70.9 Å². The molecular formula is C17H23F3N3O3S+. The number of amides is 1. The van der Waals surface area contributed by atoms with Gasteiger partial charge in [-0.25, -0.2) is 8.42 Å².